The number of imide groups is 1. The zero-order valence-electron chi connectivity index (χ0n) is 26.2. The fraction of sp³-hybridized carbons (Fsp3) is 0.457. The van der Waals surface area contributed by atoms with Gasteiger partial charge in [0.2, 0.25) is 0 Å². The zero-order chi connectivity index (χ0) is 32.8. The SMILES string of the molecule is CC1CC(C)(C)CC2(C1)NC(=O)N(CC(=O)OCC(=O)N1N=C3/C(=C\c4ccc(F)cc4)CCCC3C1c1ccc(F)cc1)C2=O. The molecule has 242 valence electrons. The highest BCUT2D eigenvalue weighted by Crippen LogP contribution is 2.47. The number of rotatable bonds is 6. The Labute approximate surface area is 266 Å². The second-order valence-electron chi connectivity index (χ2n) is 13.9. The van der Waals surface area contributed by atoms with Crippen LogP contribution in [-0.4, -0.2) is 58.1 Å². The molecule has 11 heteroatoms. The van der Waals surface area contributed by atoms with Crippen molar-refractivity contribution in [3.05, 3.63) is 76.9 Å². The van der Waals surface area contributed by atoms with Gasteiger partial charge in [0.05, 0.1) is 11.8 Å². The lowest BCUT2D eigenvalue weighted by molar-refractivity contribution is -0.155. The molecular weight excluding hydrogens is 594 g/mol. The number of carbonyl (C=O) groups excluding carboxylic acids is 4. The van der Waals surface area contributed by atoms with E-state index in [1.807, 2.05) is 13.0 Å². The van der Waals surface area contributed by atoms with E-state index in [2.05, 4.69) is 19.2 Å². The van der Waals surface area contributed by atoms with Gasteiger partial charge in [-0.15, -0.1) is 0 Å². The quantitative estimate of drug-likeness (QED) is 0.322. The van der Waals surface area contributed by atoms with Crippen molar-refractivity contribution in [1.82, 2.24) is 15.2 Å². The summed E-state index contributed by atoms with van der Waals surface area (Å²) in [6.07, 6.45) is 6.08. The van der Waals surface area contributed by atoms with Gasteiger partial charge in [-0.05, 0) is 96.9 Å². The van der Waals surface area contributed by atoms with Crippen molar-refractivity contribution in [1.29, 1.82) is 0 Å². The van der Waals surface area contributed by atoms with Crippen LogP contribution in [0.3, 0.4) is 0 Å². The average molecular weight is 633 g/mol. The molecule has 4 atom stereocenters. The fourth-order valence-corrected chi connectivity index (χ4v) is 7.99. The standard InChI is InChI=1S/C35H38F2N4O5/c1-21-16-34(2,3)20-35(17-21)32(44)40(33(45)38-35)18-29(43)46-19-28(42)41-31(23-9-13-26(37)14-10-23)27-6-4-5-24(30(27)39-41)15-22-7-11-25(36)12-8-22/h7-15,21,27,31H,4-6,16-20H2,1-3H3,(H,38,45)/b24-15-. The summed E-state index contributed by atoms with van der Waals surface area (Å²) in [6.45, 7) is 4.90. The van der Waals surface area contributed by atoms with Gasteiger partial charge in [-0.2, -0.15) is 5.10 Å². The number of ether oxygens (including phenoxy) is 1. The van der Waals surface area contributed by atoms with E-state index in [1.165, 1.54) is 29.3 Å². The second kappa shape index (κ2) is 12.1. The average Bonchev–Trinajstić information content (AvgIpc) is 3.48. The Morgan fingerprint density at radius 2 is 1.72 bits per heavy atom. The Bertz CT molecular complexity index is 1620. The molecule has 2 aliphatic carbocycles. The summed E-state index contributed by atoms with van der Waals surface area (Å²) in [6, 6.07) is 10.8. The number of nitrogens with one attached hydrogen (secondary N) is 1. The van der Waals surface area contributed by atoms with Crippen LogP contribution < -0.4 is 5.32 Å². The molecule has 2 saturated carbocycles. The van der Waals surface area contributed by atoms with Gasteiger partial charge in [0.15, 0.2) is 6.61 Å². The minimum Gasteiger partial charge on any atom is -0.454 e. The molecule has 3 fully saturated rings. The van der Waals surface area contributed by atoms with Crippen molar-refractivity contribution >= 4 is 35.6 Å². The Balaban J connectivity index is 1.18. The summed E-state index contributed by atoms with van der Waals surface area (Å²) in [5.41, 5.74) is 1.88. The minimum atomic E-state index is -1.06. The molecule has 1 spiro atoms. The molecule has 46 heavy (non-hydrogen) atoms. The van der Waals surface area contributed by atoms with Crippen molar-refractivity contribution in [2.75, 3.05) is 13.2 Å². The predicted octanol–water partition coefficient (Wildman–Crippen LogP) is 5.77. The van der Waals surface area contributed by atoms with Gasteiger partial charge in [-0.3, -0.25) is 19.3 Å². The van der Waals surface area contributed by atoms with Crippen LogP contribution in [0.2, 0.25) is 0 Å². The van der Waals surface area contributed by atoms with E-state index >= 15 is 0 Å². The number of amides is 4. The molecule has 2 aliphatic heterocycles. The molecule has 0 bridgehead atoms. The van der Waals surface area contributed by atoms with Crippen LogP contribution in [0.5, 0.6) is 0 Å². The maximum absolute atomic E-state index is 13.8. The number of hydrogen-bond acceptors (Lipinski definition) is 6. The van der Waals surface area contributed by atoms with E-state index in [0.29, 0.717) is 30.5 Å². The first-order valence-corrected chi connectivity index (χ1v) is 15.8. The number of carbonyl (C=O) groups is 4. The molecule has 0 radical (unpaired) electrons. The Hall–Kier alpha value is -4.41. The van der Waals surface area contributed by atoms with Crippen LogP contribution in [0.15, 0.2) is 59.2 Å². The van der Waals surface area contributed by atoms with Gasteiger partial charge in [0.1, 0.15) is 23.7 Å². The summed E-state index contributed by atoms with van der Waals surface area (Å²) < 4.78 is 32.7. The smallest absolute Gasteiger partial charge is 0.326 e. The molecule has 2 aromatic rings. The van der Waals surface area contributed by atoms with E-state index in [-0.39, 0.29) is 23.1 Å². The first-order valence-electron chi connectivity index (χ1n) is 15.8. The van der Waals surface area contributed by atoms with Gasteiger partial charge in [0.25, 0.3) is 11.8 Å². The number of hydrazone groups is 1. The highest BCUT2D eigenvalue weighted by molar-refractivity contribution is 6.09. The number of fused-ring (bicyclic) bond motifs is 1. The maximum atomic E-state index is 13.8. The third-order valence-corrected chi connectivity index (χ3v) is 9.45. The highest BCUT2D eigenvalue weighted by Gasteiger charge is 2.56. The Kier molecular flexibility index (Phi) is 8.29. The molecule has 4 aliphatic rings. The molecular formula is C35H38F2N4O5. The molecule has 6 rings (SSSR count). The maximum Gasteiger partial charge on any atom is 0.326 e. The molecule has 0 aromatic heterocycles. The molecule has 1 N–H and O–H groups in total. The number of halogens is 2. The molecule has 4 amide bonds. The normalized spacial score (nSPS) is 27.9. The highest BCUT2D eigenvalue weighted by atomic mass is 19.1. The van der Waals surface area contributed by atoms with E-state index in [0.717, 1.165) is 35.3 Å². The topological polar surface area (TPSA) is 108 Å². The van der Waals surface area contributed by atoms with Crippen molar-refractivity contribution in [3.63, 3.8) is 0 Å². The van der Waals surface area contributed by atoms with E-state index in [1.54, 1.807) is 24.3 Å². The number of allylic oxidation sites excluding steroid dienone is 1. The van der Waals surface area contributed by atoms with Crippen molar-refractivity contribution in [3.8, 4) is 0 Å². The largest absolute Gasteiger partial charge is 0.454 e. The first-order chi connectivity index (χ1) is 21.8. The van der Waals surface area contributed by atoms with E-state index in [9.17, 15) is 28.0 Å². The molecule has 4 unspecified atom stereocenters. The molecule has 2 aromatic carbocycles. The monoisotopic (exact) mass is 632 g/mol. The summed E-state index contributed by atoms with van der Waals surface area (Å²) in [4.78, 5) is 53.7. The van der Waals surface area contributed by atoms with Crippen LogP contribution in [0.1, 0.15) is 76.5 Å². The lowest BCUT2D eigenvalue weighted by atomic mass is 9.64. The third kappa shape index (κ3) is 6.19. The van der Waals surface area contributed by atoms with Crippen LogP contribution in [0, 0.1) is 28.9 Å². The van der Waals surface area contributed by atoms with Gasteiger partial charge in [0, 0.05) is 5.92 Å². The zero-order valence-corrected chi connectivity index (χ0v) is 26.2. The van der Waals surface area contributed by atoms with Crippen molar-refractivity contribution < 1.29 is 32.7 Å². The number of benzene rings is 2. The number of urea groups is 1. The van der Waals surface area contributed by atoms with Gasteiger partial charge >= 0.3 is 12.0 Å². The molecule has 2 heterocycles. The molecule has 1 saturated heterocycles. The van der Waals surface area contributed by atoms with Crippen molar-refractivity contribution in [2.45, 2.75) is 70.9 Å². The Morgan fingerprint density at radius 3 is 2.39 bits per heavy atom. The predicted molar refractivity (Wildman–Crippen MR) is 166 cm³/mol. The fourth-order valence-electron chi connectivity index (χ4n) is 7.99. The number of hydrogen-bond donors (Lipinski definition) is 1. The van der Waals surface area contributed by atoms with Crippen LogP contribution in [-0.2, 0) is 19.1 Å². The van der Waals surface area contributed by atoms with Crippen molar-refractivity contribution in [2.24, 2.45) is 22.4 Å². The lowest BCUT2D eigenvalue weighted by Crippen LogP contribution is -2.54. The van der Waals surface area contributed by atoms with Crippen LogP contribution >= 0.6 is 0 Å². The minimum absolute atomic E-state index is 0.160. The summed E-state index contributed by atoms with van der Waals surface area (Å²) in [5, 5.41) is 8.84. The van der Waals surface area contributed by atoms with Gasteiger partial charge in [-0.25, -0.2) is 18.6 Å². The van der Waals surface area contributed by atoms with E-state index < -0.39 is 54.4 Å². The van der Waals surface area contributed by atoms with Crippen LogP contribution in [0.4, 0.5) is 13.6 Å². The Morgan fingerprint density at radius 1 is 1.04 bits per heavy atom. The molecule has 9 nitrogen and oxygen atoms in total. The third-order valence-electron chi connectivity index (χ3n) is 9.45. The summed E-state index contributed by atoms with van der Waals surface area (Å²) in [7, 11) is 0. The summed E-state index contributed by atoms with van der Waals surface area (Å²) in [5.74, 6) is -2.67. The van der Waals surface area contributed by atoms with Gasteiger partial charge < -0.3 is 10.1 Å². The number of esters is 1. The lowest BCUT2D eigenvalue weighted by Gasteiger charge is -2.43. The summed E-state index contributed by atoms with van der Waals surface area (Å²) >= 11 is 0. The van der Waals surface area contributed by atoms with Crippen LogP contribution in [0.25, 0.3) is 6.08 Å². The second-order valence-corrected chi connectivity index (χ2v) is 13.9. The first kappa shape index (κ1) is 31.6. The number of nitrogens with zero attached hydrogens (tertiary/aromatic N) is 3. The van der Waals surface area contributed by atoms with E-state index in [4.69, 9.17) is 9.84 Å². The van der Waals surface area contributed by atoms with Gasteiger partial charge in [-0.1, -0.05) is 45.0 Å².